The van der Waals surface area contributed by atoms with Gasteiger partial charge in [-0.25, -0.2) is 0 Å². The summed E-state index contributed by atoms with van der Waals surface area (Å²) in [5.74, 6) is -0.428. The van der Waals surface area contributed by atoms with E-state index in [0.717, 1.165) is 17.0 Å². The first-order valence-corrected chi connectivity index (χ1v) is 7.54. The number of aromatic amines is 1. The van der Waals surface area contributed by atoms with Crippen molar-refractivity contribution in [3.63, 3.8) is 0 Å². The molecule has 0 aromatic carbocycles. The van der Waals surface area contributed by atoms with Crippen molar-refractivity contribution in [3.05, 3.63) is 17.0 Å². The zero-order chi connectivity index (χ0) is 15.9. The molecule has 0 unspecified atom stereocenters. The van der Waals surface area contributed by atoms with Crippen LogP contribution in [-0.4, -0.2) is 45.9 Å². The number of hydrogen-bond acceptors (Lipinski definition) is 4. The van der Waals surface area contributed by atoms with Gasteiger partial charge in [0.25, 0.3) is 0 Å². The Labute approximate surface area is 128 Å². The molecule has 2 N–H and O–H groups in total. The average Bonchev–Trinajstić information content (AvgIpc) is 3.10. The van der Waals surface area contributed by atoms with Crippen LogP contribution in [0.15, 0.2) is 0 Å². The number of hydrogen-bond donors (Lipinski definition) is 2. The molecule has 2 saturated heterocycles. The third kappa shape index (κ3) is 2.40. The van der Waals surface area contributed by atoms with Crippen LogP contribution in [0, 0.1) is 19.3 Å². The second-order valence-electron chi connectivity index (χ2n) is 6.31. The van der Waals surface area contributed by atoms with Crippen LogP contribution in [0.1, 0.15) is 36.2 Å². The Morgan fingerprint density at radius 2 is 2.14 bits per heavy atom. The van der Waals surface area contributed by atoms with Crippen LogP contribution >= 0.6 is 0 Å². The first-order valence-electron chi connectivity index (χ1n) is 7.54. The Bertz CT molecular complexity index is 632. The topological polar surface area (TPSA) is 95.2 Å². The van der Waals surface area contributed by atoms with Gasteiger partial charge in [0.15, 0.2) is 0 Å². The molecular weight excluding hydrogens is 284 g/mol. The zero-order valence-corrected chi connectivity index (χ0v) is 12.9. The first-order chi connectivity index (χ1) is 10.4. The molecule has 1 atom stereocenters. The molecule has 118 valence electrons. The average molecular weight is 304 g/mol. The van der Waals surface area contributed by atoms with Gasteiger partial charge in [0.05, 0.1) is 11.1 Å². The summed E-state index contributed by atoms with van der Waals surface area (Å²) in [4.78, 5) is 37.4. The lowest BCUT2D eigenvalue weighted by molar-refractivity contribution is -0.131. The van der Waals surface area contributed by atoms with Crippen LogP contribution in [0.3, 0.4) is 0 Å². The summed E-state index contributed by atoms with van der Waals surface area (Å²) in [5, 5.41) is 9.39. The van der Waals surface area contributed by atoms with E-state index >= 15 is 0 Å². The van der Waals surface area contributed by atoms with E-state index in [9.17, 15) is 14.4 Å². The van der Waals surface area contributed by atoms with Crippen LogP contribution in [0.25, 0.3) is 0 Å². The maximum atomic E-state index is 12.4. The maximum absolute atomic E-state index is 12.4. The smallest absolute Gasteiger partial charge is 0.235 e. The molecule has 0 aliphatic carbocycles. The van der Waals surface area contributed by atoms with Crippen molar-refractivity contribution in [2.24, 2.45) is 5.41 Å². The molecule has 22 heavy (non-hydrogen) atoms. The molecule has 3 rings (SSSR count). The molecule has 0 bridgehead atoms. The molecule has 1 aromatic heterocycles. The van der Waals surface area contributed by atoms with Crippen LogP contribution in [0.4, 0.5) is 0 Å². The zero-order valence-electron chi connectivity index (χ0n) is 12.9. The number of likely N-dealkylation sites (tertiary alicyclic amines) is 1. The molecular formula is C15H20N4O3. The minimum atomic E-state index is -0.686. The van der Waals surface area contributed by atoms with Crippen molar-refractivity contribution >= 4 is 17.7 Å². The molecule has 7 heteroatoms. The van der Waals surface area contributed by atoms with Gasteiger partial charge in [0.2, 0.25) is 17.7 Å². The second kappa shape index (κ2) is 5.23. The summed E-state index contributed by atoms with van der Waals surface area (Å²) in [5.41, 5.74) is 2.30. The molecule has 1 aromatic rings. The van der Waals surface area contributed by atoms with Crippen molar-refractivity contribution in [1.82, 2.24) is 20.4 Å². The predicted molar refractivity (Wildman–Crippen MR) is 77.8 cm³/mol. The summed E-state index contributed by atoms with van der Waals surface area (Å²) in [6.45, 7) is 4.76. The van der Waals surface area contributed by atoms with E-state index in [1.807, 2.05) is 13.8 Å². The van der Waals surface area contributed by atoms with E-state index in [1.54, 1.807) is 4.90 Å². The number of carbonyl (C=O) groups excluding carboxylic acids is 3. The molecule has 2 fully saturated rings. The minimum absolute atomic E-state index is 0.0315. The number of nitrogens with one attached hydrogen (secondary N) is 2. The van der Waals surface area contributed by atoms with Crippen molar-refractivity contribution < 1.29 is 14.4 Å². The molecule has 1 spiro atoms. The third-order valence-electron chi connectivity index (χ3n) is 4.81. The van der Waals surface area contributed by atoms with E-state index < -0.39 is 5.41 Å². The quantitative estimate of drug-likeness (QED) is 0.781. The fourth-order valence-electron chi connectivity index (χ4n) is 3.44. The summed E-state index contributed by atoms with van der Waals surface area (Å²) in [6, 6.07) is 0. The summed E-state index contributed by atoms with van der Waals surface area (Å²) < 4.78 is 0. The van der Waals surface area contributed by atoms with Gasteiger partial charge in [-0.05, 0) is 32.3 Å². The molecule has 2 aliphatic heterocycles. The number of imide groups is 1. The third-order valence-corrected chi connectivity index (χ3v) is 4.81. The normalized spacial score (nSPS) is 24.4. The number of H-pyrrole nitrogens is 1. The fraction of sp³-hybridized carbons (Fsp3) is 0.600. The van der Waals surface area contributed by atoms with E-state index in [-0.39, 0.29) is 24.1 Å². The van der Waals surface area contributed by atoms with Crippen LogP contribution < -0.4 is 5.32 Å². The van der Waals surface area contributed by atoms with Crippen molar-refractivity contribution in [2.45, 2.75) is 39.5 Å². The van der Waals surface area contributed by atoms with E-state index in [0.29, 0.717) is 32.4 Å². The van der Waals surface area contributed by atoms with Crippen LogP contribution in [0.5, 0.6) is 0 Å². The Morgan fingerprint density at radius 1 is 1.36 bits per heavy atom. The maximum Gasteiger partial charge on any atom is 0.235 e. The van der Waals surface area contributed by atoms with Crippen molar-refractivity contribution in [3.8, 4) is 0 Å². The monoisotopic (exact) mass is 304 g/mol. The van der Waals surface area contributed by atoms with Crippen LogP contribution in [0.2, 0.25) is 0 Å². The SMILES string of the molecule is Cc1n[nH]c(C)c1CCC(=O)N1CC[C@@]2(CC(=O)NC2=O)C1. The highest BCUT2D eigenvalue weighted by atomic mass is 16.2. The van der Waals surface area contributed by atoms with Gasteiger partial charge in [-0.2, -0.15) is 5.10 Å². The predicted octanol–water partition coefficient (Wildman–Crippen LogP) is 0.224. The highest BCUT2D eigenvalue weighted by Crippen LogP contribution is 2.37. The van der Waals surface area contributed by atoms with Crippen molar-refractivity contribution in [2.75, 3.05) is 13.1 Å². The number of rotatable bonds is 3. The fourth-order valence-corrected chi connectivity index (χ4v) is 3.44. The molecule has 3 heterocycles. The lowest BCUT2D eigenvalue weighted by Gasteiger charge is -2.20. The van der Waals surface area contributed by atoms with Gasteiger partial charge < -0.3 is 4.90 Å². The van der Waals surface area contributed by atoms with Gasteiger partial charge in [-0.15, -0.1) is 0 Å². The van der Waals surface area contributed by atoms with E-state index in [1.165, 1.54) is 0 Å². The Kier molecular flexibility index (Phi) is 3.50. The highest BCUT2D eigenvalue weighted by Gasteiger charge is 2.51. The Morgan fingerprint density at radius 3 is 2.73 bits per heavy atom. The van der Waals surface area contributed by atoms with E-state index in [4.69, 9.17) is 0 Å². The molecule has 0 saturated carbocycles. The number of carbonyl (C=O) groups is 3. The highest BCUT2D eigenvalue weighted by molar-refractivity contribution is 6.06. The van der Waals surface area contributed by atoms with Crippen molar-refractivity contribution in [1.29, 1.82) is 0 Å². The Balaban J connectivity index is 1.60. The van der Waals surface area contributed by atoms with E-state index in [2.05, 4.69) is 15.5 Å². The number of nitrogens with zero attached hydrogens (tertiary/aromatic N) is 2. The largest absolute Gasteiger partial charge is 0.342 e. The standard InChI is InChI=1S/C15H20N4O3/c1-9-11(10(2)18-17-9)3-4-13(21)19-6-5-15(8-19)7-12(20)16-14(15)22/h3-8H2,1-2H3,(H,17,18)(H,16,20,22)/t15-/m1/s1. The summed E-state index contributed by atoms with van der Waals surface area (Å²) in [7, 11) is 0. The van der Waals surface area contributed by atoms with Crippen LogP contribution in [-0.2, 0) is 20.8 Å². The molecule has 2 aliphatic rings. The number of aromatic nitrogens is 2. The molecule has 0 radical (unpaired) electrons. The number of amides is 3. The first kappa shape index (κ1) is 14.7. The summed E-state index contributed by atoms with van der Waals surface area (Å²) >= 11 is 0. The van der Waals surface area contributed by atoms with Gasteiger partial charge in [-0.3, -0.25) is 24.8 Å². The lowest BCUT2D eigenvalue weighted by Crippen LogP contribution is -2.36. The van der Waals surface area contributed by atoms with Gasteiger partial charge in [-0.1, -0.05) is 0 Å². The van der Waals surface area contributed by atoms with Gasteiger partial charge >= 0.3 is 0 Å². The summed E-state index contributed by atoms with van der Waals surface area (Å²) in [6.07, 6.45) is 1.81. The minimum Gasteiger partial charge on any atom is -0.342 e. The lowest BCUT2D eigenvalue weighted by atomic mass is 9.85. The molecule has 7 nitrogen and oxygen atoms in total. The Hall–Kier alpha value is -2.18. The van der Waals surface area contributed by atoms with Gasteiger partial charge in [0.1, 0.15) is 0 Å². The second-order valence-corrected chi connectivity index (χ2v) is 6.31. The molecule has 3 amide bonds. The number of aryl methyl sites for hydroxylation is 2. The van der Waals surface area contributed by atoms with Gasteiger partial charge in [0, 0.05) is 31.6 Å².